The Morgan fingerprint density at radius 1 is 1.42 bits per heavy atom. The third-order valence-electron chi connectivity index (χ3n) is 2.95. The van der Waals surface area contributed by atoms with E-state index in [-0.39, 0.29) is 47.4 Å². The van der Waals surface area contributed by atoms with E-state index in [1.807, 2.05) is 0 Å². The summed E-state index contributed by atoms with van der Waals surface area (Å²) >= 11 is 5.99. The second kappa shape index (κ2) is 11.6. The van der Waals surface area contributed by atoms with E-state index in [1.165, 1.54) is 19.2 Å². The Kier molecular flexibility index (Phi) is 10.8. The zero-order chi connectivity index (χ0) is 20.3. The third-order valence-corrected chi connectivity index (χ3v) is 5.25. The lowest BCUT2D eigenvalue weighted by Crippen LogP contribution is -2.11. The van der Waals surface area contributed by atoms with Gasteiger partial charge < -0.3 is 30.3 Å². The maximum absolute atomic E-state index is 12.1. The van der Waals surface area contributed by atoms with Gasteiger partial charge in [0, 0.05) is 6.16 Å². The molecule has 1 rings (SSSR count). The van der Waals surface area contributed by atoms with Gasteiger partial charge in [0.15, 0.2) is 24.0 Å². The SMILES string of the molecule is COc1cc(C(O)P(=O)(O)CCCN)cc(Cl)c1OCC(=O)O.O=C=O. The van der Waals surface area contributed by atoms with Crippen molar-refractivity contribution in [1.29, 1.82) is 0 Å². The molecule has 1 aromatic rings. The Hall–Kier alpha value is -1.93. The van der Waals surface area contributed by atoms with Crippen molar-refractivity contribution in [2.45, 2.75) is 12.3 Å². The van der Waals surface area contributed by atoms with Crippen molar-refractivity contribution in [1.82, 2.24) is 0 Å². The molecular formula is C14H19ClNO9P. The summed E-state index contributed by atoms with van der Waals surface area (Å²) in [5, 5.41) is 18.7. The highest BCUT2D eigenvalue weighted by atomic mass is 35.5. The predicted molar refractivity (Wildman–Crippen MR) is 89.5 cm³/mol. The summed E-state index contributed by atoms with van der Waals surface area (Å²) in [6.07, 6.45) is 0.400. The molecule has 0 saturated carbocycles. The van der Waals surface area contributed by atoms with Gasteiger partial charge in [0.25, 0.3) is 0 Å². The largest absolute Gasteiger partial charge is 0.493 e. The van der Waals surface area contributed by atoms with Crippen LogP contribution in [0, 0.1) is 0 Å². The van der Waals surface area contributed by atoms with Crippen LogP contribution in [0.1, 0.15) is 17.8 Å². The number of halogens is 1. The number of hydrogen-bond acceptors (Lipinski definition) is 8. The molecule has 0 spiro atoms. The lowest BCUT2D eigenvalue weighted by molar-refractivity contribution is -0.191. The van der Waals surface area contributed by atoms with Gasteiger partial charge in [-0.25, -0.2) is 4.79 Å². The number of rotatable bonds is 9. The fourth-order valence-corrected chi connectivity index (χ4v) is 3.60. The van der Waals surface area contributed by atoms with E-state index in [2.05, 4.69) is 0 Å². The van der Waals surface area contributed by atoms with E-state index in [0.717, 1.165) is 0 Å². The molecule has 0 amide bonds. The molecule has 0 fully saturated rings. The van der Waals surface area contributed by atoms with Gasteiger partial charge in [0.2, 0.25) is 7.37 Å². The lowest BCUT2D eigenvalue weighted by Gasteiger charge is -2.20. The Bertz CT molecular complexity index is 691. The van der Waals surface area contributed by atoms with Gasteiger partial charge in [-0.15, -0.1) is 0 Å². The highest BCUT2D eigenvalue weighted by Gasteiger charge is 2.31. The van der Waals surface area contributed by atoms with Crippen LogP contribution in [0.5, 0.6) is 11.5 Å². The molecule has 2 atom stereocenters. The van der Waals surface area contributed by atoms with Gasteiger partial charge in [-0.1, -0.05) is 11.6 Å². The Morgan fingerprint density at radius 2 is 2.00 bits per heavy atom. The van der Waals surface area contributed by atoms with Crippen molar-refractivity contribution in [3.63, 3.8) is 0 Å². The minimum Gasteiger partial charge on any atom is -0.493 e. The molecule has 0 radical (unpaired) electrons. The molecule has 2 unspecified atom stereocenters. The van der Waals surface area contributed by atoms with Crippen molar-refractivity contribution < 1.29 is 43.5 Å². The molecule has 5 N–H and O–H groups in total. The highest BCUT2D eigenvalue weighted by molar-refractivity contribution is 7.58. The highest BCUT2D eigenvalue weighted by Crippen LogP contribution is 2.55. The summed E-state index contributed by atoms with van der Waals surface area (Å²) in [6, 6.07) is 2.51. The average Bonchev–Trinajstić information content (AvgIpc) is 2.58. The first-order valence-electron chi connectivity index (χ1n) is 7.05. The molecular weight excluding hydrogens is 393 g/mol. The minimum absolute atomic E-state index is 0.0257. The van der Waals surface area contributed by atoms with Gasteiger partial charge in [-0.3, -0.25) is 4.57 Å². The molecule has 0 saturated heterocycles. The van der Waals surface area contributed by atoms with Gasteiger partial charge >= 0.3 is 12.1 Å². The second-order valence-electron chi connectivity index (χ2n) is 4.79. The van der Waals surface area contributed by atoms with Crippen molar-refractivity contribution >= 4 is 31.1 Å². The van der Waals surface area contributed by atoms with Crippen molar-refractivity contribution in [3.8, 4) is 11.5 Å². The first-order chi connectivity index (χ1) is 12.1. The lowest BCUT2D eigenvalue weighted by atomic mass is 10.2. The van der Waals surface area contributed by atoms with Crippen molar-refractivity contribution in [3.05, 3.63) is 22.7 Å². The van der Waals surface area contributed by atoms with Crippen LogP contribution in [0.4, 0.5) is 0 Å². The number of benzene rings is 1. The molecule has 26 heavy (non-hydrogen) atoms. The third kappa shape index (κ3) is 7.53. The van der Waals surface area contributed by atoms with E-state index in [0.29, 0.717) is 0 Å². The molecule has 0 aliphatic carbocycles. The van der Waals surface area contributed by atoms with E-state index in [9.17, 15) is 19.4 Å². The van der Waals surface area contributed by atoms with Gasteiger partial charge in [-0.05, 0) is 30.7 Å². The van der Waals surface area contributed by atoms with E-state index < -0.39 is 25.8 Å². The molecule has 12 heteroatoms. The standard InChI is InChI=1S/C13H19ClNO7P.CO2/c1-21-10-6-8(13(18)23(19,20)4-2-3-15)5-9(14)12(10)22-7-11(16)17;2-1-3/h5-6,13,18H,2-4,7,15H2,1H3,(H,16,17)(H,19,20);. The summed E-state index contributed by atoms with van der Waals surface area (Å²) in [5.74, 6) is -2.84. The molecule has 0 aliphatic rings. The number of nitrogens with two attached hydrogens (primary N) is 1. The number of aliphatic hydroxyl groups is 1. The number of aliphatic carboxylic acids is 1. The molecule has 0 bridgehead atoms. The number of carboxylic acids is 1. The number of ether oxygens (including phenoxy) is 2. The van der Waals surface area contributed by atoms with E-state index in [4.69, 9.17) is 41.5 Å². The van der Waals surface area contributed by atoms with Crippen LogP contribution in [-0.4, -0.2) is 53.7 Å². The number of aliphatic hydroxyl groups excluding tert-OH is 1. The Morgan fingerprint density at radius 3 is 2.46 bits per heavy atom. The average molecular weight is 412 g/mol. The molecule has 0 aliphatic heterocycles. The maximum atomic E-state index is 12.1. The maximum Gasteiger partial charge on any atom is 0.373 e. The summed E-state index contributed by atoms with van der Waals surface area (Å²) in [6.45, 7) is -0.406. The molecule has 0 aromatic heterocycles. The van der Waals surface area contributed by atoms with Gasteiger partial charge in [0.1, 0.15) is 0 Å². The van der Waals surface area contributed by atoms with E-state index >= 15 is 0 Å². The van der Waals surface area contributed by atoms with Crippen molar-refractivity contribution in [2.24, 2.45) is 5.73 Å². The monoisotopic (exact) mass is 411 g/mol. The smallest absolute Gasteiger partial charge is 0.373 e. The molecule has 0 heterocycles. The number of hydrogen-bond donors (Lipinski definition) is 4. The summed E-state index contributed by atoms with van der Waals surface area (Å²) < 4.78 is 22.2. The van der Waals surface area contributed by atoms with Crippen LogP contribution < -0.4 is 15.2 Å². The second-order valence-corrected chi connectivity index (χ2v) is 7.65. The van der Waals surface area contributed by atoms with Crippen LogP contribution in [0.25, 0.3) is 0 Å². The number of carbonyl (C=O) groups is 1. The fourth-order valence-electron chi connectivity index (χ4n) is 1.84. The first kappa shape index (κ1) is 24.1. The number of carboxylic acid groups (broad SMARTS) is 1. The first-order valence-corrected chi connectivity index (χ1v) is 9.34. The summed E-state index contributed by atoms with van der Waals surface area (Å²) in [4.78, 5) is 36.7. The summed E-state index contributed by atoms with van der Waals surface area (Å²) in [5.41, 5.74) is 5.37. The summed E-state index contributed by atoms with van der Waals surface area (Å²) in [7, 11) is -2.60. The molecule has 146 valence electrons. The van der Waals surface area contributed by atoms with Gasteiger partial charge in [-0.2, -0.15) is 9.59 Å². The topological polar surface area (TPSA) is 173 Å². The van der Waals surface area contributed by atoms with Crippen molar-refractivity contribution in [2.75, 3.05) is 26.4 Å². The van der Waals surface area contributed by atoms with Crippen LogP contribution in [-0.2, 0) is 18.9 Å². The van der Waals surface area contributed by atoms with E-state index in [1.54, 1.807) is 0 Å². The minimum atomic E-state index is -3.89. The Balaban J connectivity index is 0.00000194. The molecule has 10 nitrogen and oxygen atoms in total. The predicted octanol–water partition coefficient (Wildman–Crippen LogP) is 0.839. The number of methoxy groups -OCH3 is 1. The van der Waals surface area contributed by atoms with Crippen LogP contribution in [0.3, 0.4) is 0 Å². The number of carbonyl (C=O) groups excluding carboxylic acids is 2. The quantitative estimate of drug-likeness (QED) is 0.426. The van der Waals surface area contributed by atoms with Gasteiger partial charge in [0.05, 0.1) is 12.1 Å². The zero-order valence-electron chi connectivity index (χ0n) is 13.8. The zero-order valence-corrected chi connectivity index (χ0v) is 15.4. The normalized spacial score (nSPS) is 13.4. The van der Waals surface area contributed by atoms with Crippen LogP contribution in [0.15, 0.2) is 12.1 Å². The Labute approximate surface area is 153 Å². The molecule has 1 aromatic carbocycles. The van der Waals surface area contributed by atoms with Crippen LogP contribution >= 0.6 is 19.0 Å². The van der Waals surface area contributed by atoms with Crippen LogP contribution in [0.2, 0.25) is 5.02 Å². The fraction of sp³-hybridized carbons (Fsp3) is 0.429.